The zero-order chi connectivity index (χ0) is 19.9. The van der Waals surface area contributed by atoms with Gasteiger partial charge in [0.15, 0.2) is 0 Å². The van der Waals surface area contributed by atoms with Crippen LogP contribution < -0.4 is 5.32 Å². The lowest BCUT2D eigenvalue weighted by Crippen LogP contribution is -2.36. The Bertz CT molecular complexity index is 913. The Morgan fingerprint density at radius 2 is 1.75 bits per heavy atom. The Balaban J connectivity index is 1.67. The van der Waals surface area contributed by atoms with E-state index in [2.05, 4.69) is 15.3 Å². The third-order valence-corrected chi connectivity index (χ3v) is 4.37. The molecule has 0 atom stereocenters. The summed E-state index contributed by atoms with van der Waals surface area (Å²) in [6.07, 6.45) is 2.95. The highest BCUT2D eigenvalue weighted by molar-refractivity contribution is 5.92. The third-order valence-electron chi connectivity index (χ3n) is 4.37. The summed E-state index contributed by atoms with van der Waals surface area (Å²) in [4.78, 5) is 23.1. The van der Waals surface area contributed by atoms with Gasteiger partial charge in [0.25, 0.3) is 5.91 Å². The number of halogens is 1. The standard InChI is InChI=1S/C22H23FN4O/c1-16(2)27(15-17-8-4-3-5-9-17)22(28)20-13-26-21(14-24-20)25-12-18-10-6-7-11-19(18)23/h3-11,13-14,16H,12,15H2,1-2H3,(H,25,26). The van der Waals surface area contributed by atoms with Crippen LogP contribution in [0.1, 0.15) is 35.5 Å². The molecule has 1 aromatic heterocycles. The van der Waals surface area contributed by atoms with Crippen LogP contribution in [-0.4, -0.2) is 26.8 Å². The summed E-state index contributed by atoms with van der Waals surface area (Å²) < 4.78 is 13.7. The maximum Gasteiger partial charge on any atom is 0.274 e. The van der Waals surface area contributed by atoms with Crippen molar-refractivity contribution in [1.82, 2.24) is 14.9 Å². The summed E-state index contributed by atoms with van der Waals surface area (Å²) in [7, 11) is 0. The molecule has 1 heterocycles. The number of nitrogens with one attached hydrogen (secondary N) is 1. The molecule has 0 bridgehead atoms. The number of hydrogen-bond donors (Lipinski definition) is 1. The van der Waals surface area contributed by atoms with Gasteiger partial charge in [-0.3, -0.25) is 4.79 Å². The molecule has 0 aliphatic heterocycles. The molecule has 0 aliphatic rings. The fourth-order valence-electron chi connectivity index (χ4n) is 2.77. The lowest BCUT2D eigenvalue weighted by atomic mass is 10.2. The molecule has 5 nitrogen and oxygen atoms in total. The Labute approximate surface area is 164 Å². The zero-order valence-corrected chi connectivity index (χ0v) is 16.0. The lowest BCUT2D eigenvalue weighted by molar-refractivity contribution is 0.0684. The van der Waals surface area contributed by atoms with Crippen molar-refractivity contribution in [3.05, 3.63) is 89.6 Å². The summed E-state index contributed by atoms with van der Waals surface area (Å²) in [5.41, 5.74) is 1.88. The van der Waals surface area contributed by atoms with Crippen LogP contribution in [-0.2, 0) is 13.1 Å². The predicted molar refractivity (Wildman–Crippen MR) is 107 cm³/mol. The smallest absolute Gasteiger partial charge is 0.274 e. The number of anilines is 1. The molecule has 0 saturated carbocycles. The topological polar surface area (TPSA) is 58.1 Å². The van der Waals surface area contributed by atoms with Crippen LogP contribution in [0.2, 0.25) is 0 Å². The van der Waals surface area contributed by atoms with E-state index < -0.39 is 0 Å². The second kappa shape index (κ2) is 9.08. The molecular weight excluding hydrogens is 355 g/mol. The Morgan fingerprint density at radius 3 is 2.39 bits per heavy atom. The average molecular weight is 378 g/mol. The van der Waals surface area contributed by atoms with Crippen molar-refractivity contribution < 1.29 is 9.18 Å². The lowest BCUT2D eigenvalue weighted by Gasteiger charge is -2.26. The second-order valence-electron chi connectivity index (χ2n) is 6.74. The van der Waals surface area contributed by atoms with E-state index in [4.69, 9.17) is 0 Å². The van der Waals surface area contributed by atoms with E-state index in [1.807, 2.05) is 44.2 Å². The normalized spacial score (nSPS) is 10.7. The van der Waals surface area contributed by atoms with Crippen LogP contribution >= 0.6 is 0 Å². The van der Waals surface area contributed by atoms with Gasteiger partial charge < -0.3 is 10.2 Å². The predicted octanol–water partition coefficient (Wildman–Crippen LogP) is 4.28. The molecule has 0 radical (unpaired) electrons. The van der Waals surface area contributed by atoms with E-state index in [1.54, 1.807) is 23.1 Å². The van der Waals surface area contributed by atoms with Crippen LogP contribution in [0.25, 0.3) is 0 Å². The molecular formula is C22H23FN4O. The number of rotatable bonds is 7. The van der Waals surface area contributed by atoms with Crippen LogP contribution in [0.5, 0.6) is 0 Å². The van der Waals surface area contributed by atoms with Gasteiger partial charge >= 0.3 is 0 Å². The molecule has 144 valence electrons. The van der Waals surface area contributed by atoms with Crippen molar-refractivity contribution in [2.24, 2.45) is 0 Å². The minimum absolute atomic E-state index is 0.0216. The van der Waals surface area contributed by atoms with Crippen molar-refractivity contribution in [3.8, 4) is 0 Å². The summed E-state index contributed by atoms with van der Waals surface area (Å²) >= 11 is 0. The monoisotopic (exact) mass is 378 g/mol. The van der Waals surface area contributed by atoms with Gasteiger partial charge in [0.1, 0.15) is 17.3 Å². The highest BCUT2D eigenvalue weighted by Crippen LogP contribution is 2.13. The number of aromatic nitrogens is 2. The quantitative estimate of drug-likeness (QED) is 0.667. The van der Waals surface area contributed by atoms with Gasteiger partial charge in [-0.1, -0.05) is 48.5 Å². The number of amides is 1. The van der Waals surface area contributed by atoms with Crippen molar-refractivity contribution in [1.29, 1.82) is 0 Å². The van der Waals surface area contributed by atoms with Crippen molar-refractivity contribution >= 4 is 11.7 Å². The van der Waals surface area contributed by atoms with Gasteiger partial charge in [0.2, 0.25) is 0 Å². The molecule has 28 heavy (non-hydrogen) atoms. The molecule has 3 rings (SSSR count). The summed E-state index contributed by atoms with van der Waals surface area (Å²) in [5, 5.41) is 3.02. The fraction of sp³-hybridized carbons (Fsp3) is 0.227. The number of carbonyl (C=O) groups excluding carboxylic acids is 1. The molecule has 0 saturated heterocycles. The summed E-state index contributed by atoms with van der Waals surface area (Å²) in [6, 6.07) is 16.4. The molecule has 6 heteroatoms. The number of benzene rings is 2. The highest BCUT2D eigenvalue weighted by Gasteiger charge is 2.20. The first kappa shape index (κ1) is 19.5. The minimum atomic E-state index is -0.275. The van der Waals surface area contributed by atoms with Crippen LogP contribution in [0, 0.1) is 5.82 Å². The first-order valence-corrected chi connectivity index (χ1v) is 9.19. The van der Waals surface area contributed by atoms with Crippen LogP contribution in [0.4, 0.5) is 10.2 Å². The van der Waals surface area contributed by atoms with E-state index in [-0.39, 0.29) is 23.5 Å². The maximum absolute atomic E-state index is 13.7. The van der Waals surface area contributed by atoms with E-state index in [1.165, 1.54) is 18.5 Å². The fourth-order valence-corrected chi connectivity index (χ4v) is 2.77. The number of carbonyl (C=O) groups is 1. The highest BCUT2D eigenvalue weighted by atomic mass is 19.1. The molecule has 1 N–H and O–H groups in total. The Kier molecular flexibility index (Phi) is 6.32. The van der Waals surface area contributed by atoms with E-state index >= 15 is 0 Å². The zero-order valence-electron chi connectivity index (χ0n) is 16.0. The van der Waals surface area contributed by atoms with Crippen molar-refractivity contribution in [3.63, 3.8) is 0 Å². The van der Waals surface area contributed by atoms with E-state index in [0.29, 0.717) is 24.5 Å². The molecule has 0 fully saturated rings. The molecule has 1 amide bonds. The summed E-state index contributed by atoms with van der Waals surface area (Å²) in [5.74, 6) is 0.0363. The molecule has 3 aromatic rings. The van der Waals surface area contributed by atoms with E-state index in [0.717, 1.165) is 5.56 Å². The SMILES string of the molecule is CC(C)N(Cc1ccccc1)C(=O)c1cnc(NCc2ccccc2F)cn1. The number of hydrogen-bond acceptors (Lipinski definition) is 4. The van der Waals surface area contributed by atoms with E-state index in [9.17, 15) is 9.18 Å². The maximum atomic E-state index is 13.7. The van der Waals surface area contributed by atoms with Gasteiger partial charge in [-0.05, 0) is 25.5 Å². The molecule has 0 unspecified atom stereocenters. The van der Waals surface area contributed by atoms with Crippen LogP contribution in [0.3, 0.4) is 0 Å². The first-order valence-electron chi connectivity index (χ1n) is 9.19. The van der Waals surface area contributed by atoms with Gasteiger partial charge in [-0.15, -0.1) is 0 Å². The average Bonchev–Trinajstić information content (AvgIpc) is 2.72. The molecule has 2 aromatic carbocycles. The Hall–Kier alpha value is -3.28. The minimum Gasteiger partial charge on any atom is -0.365 e. The largest absolute Gasteiger partial charge is 0.365 e. The second-order valence-corrected chi connectivity index (χ2v) is 6.74. The molecule has 0 spiro atoms. The van der Waals surface area contributed by atoms with Gasteiger partial charge in [0, 0.05) is 24.7 Å². The summed E-state index contributed by atoms with van der Waals surface area (Å²) in [6.45, 7) is 4.74. The first-order chi connectivity index (χ1) is 13.5. The van der Waals surface area contributed by atoms with Crippen LogP contribution in [0.15, 0.2) is 67.0 Å². The Morgan fingerprint density at radius 1 is 1.04 bits per heavy atom. The van der Waals surface area contributed by atoms with Gasteiger partial charge in [-0.2, -0.15) is 0 Å². The van der Waals surface area contributed by atoms with Gasteiger partial charge in [-0.25, -0.2) is 14.4 Å². The third kappa shape index (κ3) is 4.91. The van der Waals surface area contributed by atoms with Crippen molar-refractivity contribution in [2.45, 2.75) is 33.0 Å². The molecule has 0 aliphatic carbocycles. The van der Waals surface area contributed by atoms with Gasteiger partial charge in [0.05, 0.1) is 12.4 Å². The van der Waals surface area contributed by atoms with Crippen molar-refractivity contribution in [2.75, 3.05) is 5.32 Å². The number of nitrogens with zero attached hydrogens (tertiary/aromatic N) is 3.